The minimum atomic E-state index is -0.941. The number of ketones is 1. The molecule has 0 unspecified atom stereocenters. The summed E-state index contributed by atoms with van der Waals surface area (Å²) in [7, 11) is 0. The first-order valence-corrected chi connectivity index (χ1v) is 10.3. The zero-order chi connectivity index (χ0) is 27.3. The van der Waals surface area contributed by atoms with Gasteiger partial charge in [0.2, 0.25) is 0 Å². The van der Waals surface area contributed by atoms with Crippen molar-refractivity contribution in [2.24, 2.45) is 0 Å². The molecule has 2 amide bonds. The van der Waals surface area contributed by atoms with Crippen LogP contribution in [-0.4, -0.2) is 78.5 Å². The standard InChI is InChI=1S/C23H20FN7O3/c1-14-2-4-15(5-3-14)22(33)29-8-10-30(11-9-29)23(34)20(32)16-12-25-19-18(16)17(24)13-26-21(19)31-7-6-27-28-31/h2-7,12-13,25H,8-11H2,1H3/i2D,3D,4D,5D. The average Bonchev–Trinajstić information content (AvgIpc) is 3.62. The number of hydrogen-bond donors (Lipinski definition) is 1. The van der Waals surface area contributed by atoms with Gasteiger partial charge in [-0.3, -0.25) is 14.4 Å². The van der Waals surface area contributed by atoms with Gasteiger partial charge in [-0.15, -0.1) is 5.10 Å². The van der Waals surface area contributed by atoms with Crippen LogP contribution in [0.1, 0.15) is 31.8 Å². The summed E-state index contributed by atoms with van der Waals surface area (Å²) in [6, 6.07) is -1.43. The minimum absolute atomic E-state index is 0.00783. The third-order valence-corrected chi connectivity index (χ3v) is 5.54. The van der Waals surface area contributed by atoms with Crippen LogP contribution in [0.2, 0.25) is 0 Å². The molecule has 1 aliphatic rings. The smallest absolute Gasteiger partial charge is 0.295 e. The number of rotatable bonds is 4. The lowest BCUT2D eigenvalue weighted by molar-refractivity contribution is -0.127. The van der Waals surface area contributed by atoms with E-state index in [1.165, 1.54) is 40.0 Å². The van der Waals surface area contributed by atoms with Crippen LogP contribution in [0, 0.1) is 12.7 Å². The van der Waals surface area contributed by atoms with E-state index in [0.29, 0.717) is 0 Å². The number of nitrogens with zero attached hydrogens (tertiary/aromatic N) is 6. The van der Waals surface area contributed by atoms with E-state index in [4.69, 9.17) is 5.48 Å². The number of nitrogens with one attached hydrogen (secondary N) is 1. The number of aromatic nitrogens is 5. The van der Waals surface area contributed by atoms with Crippen molar-refractivity contribution in [3.05, 3.63) is 71.5 Å². The van der Waals surface area contributed by atoms with Gasteiger partial charge in [0.05, 0.1) is 40.5 Å². The molecule has 4 aromatic rings. The lowest BCUT2D eigenvalue weighted by atomic mass is 10.1. The lowest BCUT2D eigenvalue weighted by Gasteiger charge is -2.34. The Bertz CT molecular complexity index is 1590. The van der Waals surface area contributed by atoms with Gasteiger partial charge in [0, 0.05) is 37.9 Å². The Hall–Kier alpha value is -4.41. The number of fused-ring (bicyclic) bond motifs is 1. The maximum Gasteiger partial charge on any atom is 0.295 e. The van der Waals surface area contributed by atoms with Gasteiger partial charge in [0.25, 0.3) is 17.6 Å². The van der Waals surface area contributed by atoms with Crippen LogP contribution in [0.3, 0.4) is 0 Å². The SMILES string of the molecule is [2H]c1c([2H])c(C(=O)N2CCN(C(=O)C(=O)c3c[nH]c4c(-n5ccnn5)ncc(F)c34)CC2)c([2H])c([2H])c1C. The zero-order valence-corrected chi connectivity index (χ0v) is 17.9. The summed E-state index contributed by atoms with van der Waals surface area (Å²) in [5, 5.41) is 7.40. The molecule has 0 saturated carbocycles. The van der Waals surface area contributed by atoms with Gasteiger partial charge in [0.15, 0.2) is 11.6 Å². The summed E-state index contributed by atoms with van der Waals surface area (Å²) in [6.45, 7) is 1.44. The molecule has 172 valence electrons. The molecule has 0 radical (unpaired) electrons. The number of amides is 2. The van der Waals surface area contributed by atoms with Crippen LogP contribution in [0.25, 0.3) is 16.7 Å². The Morgan fingerprint density at radius 3 is 2.47 bits per heavy atom. The number of piperazine rings is 1. The number of benzene rings is 1. The summed E-state index contributed by atoms with van der Waals surface area (Å²) < 4.78 is 48.2. The van der Waals surface area contributed by atoms with Crippen molar-refractivity contribution in [3.63, 3.8) is 0 Å². The fraction of sp³-hybridized carbons (Fsp3) is 0.217. The number of carbonyl (C=O) groups excluding carboxylic acids is 3. The van der Waals surface area contributed by atoms with Gasteiger partial charge in [-0.1, -0.05) is 22.9 Å². The first-order chi connectivity index (χ1) is 18.1. The Morgan fingerprint density at radius 1 is 1.09 bits per heavy atom. The number of Topliss-reactive ketones (excluding diaryl/α,β-unsaturated/α-hetero) is 1. The van der Waals surface area contributed by atoms with Crippen LogP contribution in [0.15, 0.2) is 49.0 Å². The van der Waals surface area contributed by atoms with Gasteiger partial charge in [-0.2, -0.15) is 0 Å². The third-order valence-electron chi connectivity index (χ3n) is 5.54. The van der Waals surface area contributed by atoms with E-state index < -0.39 is 35.5 Å². The van der Waals surface area contributed by atoms with Gasteiger partial charge in [-0.25, -0.2) is 14.1 Å². The first-order valence-electron chi connectivity index (χ1n) is 12.3. The monoisotopic (exact) mass is 465 g/mol. The number of pyridine rings is 1. The topological polar surface area (TPSA) is 117 Å². The number of hydrogen-bond acceptors (Lipinski definition) is 6. The molecular weight excluding hydrogens is 441 g/mol. The number of halogens is 1. The molecule has 0 atom stereocenters. The molecule has 0 spiro atoms. The van der Waals surface area contributed by atoms with E-state index in [2.05, 4.69) is 20.3 Å². The molecule has 1 aromatic carbocycles. The van der Waals surface area contributed by atoms with Crippen molar-refractivity contribution in [3.8, 4) is 5.82 Å². The van der Waals surface area contributed by atoms with E-state index in [0.717, 1.165) is 6.20 Å². The van der Waals surface area contributed by atoms with Gasteiger partial charge in [0.1, 0.15) is 0 Å². The molecule has 4 heterocycles. The minimum Gasteiger partial charge on any atom is -0.357 e. The summed E-state index contributed by atoms with van der Waals surface area (Å²) >= 11 is 0. The van der Waals surface area contributed by atoms with E-state index in [1.54, 1.807) is 0 Å². The molecule has 3 aromatic heterocycles. The molecule has 1 aliphatic heterocycles. The number of aromatic amines is 1. The van der Waals surface area contributed by atoms with Gasteiger partial charge in [-0.05, 0) is 19.0 Å². The summed E-state index contributed by atoms with van der Waals surface area (Å²) in [4.78, 5) is 48.5. The van der Waals surface area contributed by atoms with Crippen molar-refractivity contribution >= 4 is 28.5 Å². The highest BCUT2D eigenvalue weighted by Gasteiger charge is 2.31. The highest BCUT2D eigenvalue weighted by atomic mass is 19.1. The van der Waals surface area contributed by atoms with Crippen LogP contribution in [0.4, 0.5) is 4.39 Å². The molecule has 11 heteroatoms. The second-order valence-corrected chi connectivity index (χ2v) is 7.64. The summed E-state index contributed by atoms with van der Waals surface area (Å²) in [6.07, 6.45) is 5.06. The normalized spacial score (nSPS) is 15.6. The highest BCUT2D eigenvalue weighted by molar-refractivity contribution is 6.45. The first kappa shape index (κ1) is 17.1. The molecule has 0 aliphatic carbocycles. The van der Waals surface area contributed by atoms with E-state index >= 15 is 0 Å². The molecule has 1 fully saturated rings. The second kappa shape index (κ2) is 8.50. The average molecular weight is 465 g/mol. The predicted molar refractivity (Wildman–Crippen MR) is 119 cm³/mol. The Kier molecular flexibility index (Phi) is 4.28. The zero-order valence-electron chi connectivity index (χ0n) is 21.9. The van der Waals surface area contributed by atoms with Crippen LogP contribution < -0.4 is 0 Å². The van der Waals surface area contributed by atoms with Crippen molar-refractivity contribution in [1.82, 2.24) is 34.8 Å². The lowest BCUT2D eigenvalue weighted by Crippen LogP contribution is -2.52. The number of carbonyl (C=O) groups is 3. The Labute approximate surface area is 198 Å². The Balaban J connectivity index is 1.34. The third kappa shape index (κ3) is 3.70. The van der Waals surface area contributed by atoms with E-state index in [-0.39, 0.29) is 71.7 Å². The summed E-state index contributed by atoms with van der Waals surface area (Å²) in [5.41, 5.74) is -0.205. The fourth-order valence-corrected chi connectivity index (χ4v) is 3.78. The molecule has 34 heavy (non-hydrogen) atoms. The molecule has 10 nitrogen and oxygen atoms in total. The predicted octanol–water partition coefficient (Wildman–Crippen LogP) is 1.76. The highest BCUT2D eigenvalue weighted by Crippen LogP contribution is 2.26. The van der Waals surface area contributed by atoms with E-state index in [9.17, 15) is 18.8 Å². The number of H-pyrrole nitrogens is 1. The maximum absolute atomic E-state index is 14.7. The summed E-state index contributed by atoms with van der Waals surface area (Å²) in [5.74, 6) is -3.11. The van der Waals surface area contributed by atoms with Crippen LogP contribution in [0.5, 0.6) is 0 Å². The van der Waals surface area contributed by atoms with Crippen molar-refractivity contribution < 1.29 is 24.3 Å². The maximum atomic E-state index is 14.7. The largest absolute Gasteiger partial charge is 0.357 e. The molecule has 1 saturated heterocycles. The van der Waals surface area contributed by atoms with Gasteiger partial charge < -0.3 is 14.8 Å². The molecular formula is C23H20FN7O3. The molecule has 0 bridgehead atoms. The van der Waals surface area contributed by atoms with Crippen LogP contribution in [-0.2, 0) is 4.79 Å². The fourth-order valence-electron chi connectivity index (χ4n) is 3.78. The molecule has 1 N–H and O–H groups in total. The second-order valence-electron chi connectivity index (χ2n) is 7.64. The van der Waals surface area contributed by atoms with Crippen molar-refractivity contribution in [1.29, 1.82) is 0 Å². The van der Waals surface area contributed by atoms with E-state index in [1.807, 2.05) is 0 Å². The Morgan fingerprint density at radius 2 is 1.79 bits per heavy atom. The van der Waals surface area contributed by atoms with Gasteiger partial charge >= 0.3 is 0 Å². The van der Waals surface area contributed by atoms with Crippen molar-refractivity contribution in [2.75, 3.05) is 26.2 Å². The quantitative estimate of drug-likeness (QED) is 0.363. The van der Waals surface area contributed by atoms with Crippen molar-refractivity contribution in [2.45, 2.75) is 6.92 Å². The van der Waals surface area contributed by atoms with Crippen LogP contribution >= 0.6 is 0 Å². The molecule has 5 rings (SSSR count).